The first-order chi connectivity index (χ1) is 17.9. The molecule has 9 heteroatoms. The Morgan fingerprint density at radius 1 is 0.973 bits per heavy atom. The van der Waals surface area contributed by atoms with Gasteiger partial charge in [-0.05, 0) is 62.2 Å². The summed E-state index contributed by atoms with van der Waals surface area (Å²) in [5.41, 5.74) is 5.75. The highest BCUT2D eigenvalue weighted by Crippen LogP contribution is 2.34. The minimum absolute atomic E-state index is 0.0331. The lowest BCUT2D eigenvalue weighted by Gasteiger charge is -2.15. The largest absolute Gasteiger partial charge is 0.490 e. The molecule has 0 atom stereocenters. The van der Waals surface area contributed by atoms with Crippen molar-refractivity contribution >= 4 is 40.3 Å². The van der Waals surface area contributed by atoms with Gasteiger partial charge in [0.2, 0.25) is 5.95 Å². The summed E-state index contributed by atoms with van der Waals surface area (Å²) in [6, 6.07) is 16.4. The Morgan fingerprint density at radius 3 is 2.59 bits per heavy atom. The van der Waals surface area contributed by atoms with E-state index in [1.807, 2.05) is 76.0 Å². The van der Waals surface area contributed by atoms with Gasteiger partial charge in [0.05, 0.1) is 12.3 Å². The molecule has 0 amide bonds. The molecule has 2 N–H and O–H groups in total. The third kappa shape index (κ3) is 5.72. The molecule has 0 saturated heterocycles. The normalized spacial score (nSPS) is 11.4. The second kappa shape index (κ2) is 10.6. The second-order valence-electron chi connectivity index (χ2n) is 9.38. The number of benzene rings is 2. The van der Waals surface area contributed by atoms with Crippen molar-refractivity contribution in [3.63, 3.8) is 0 Å². The molecule has 0 aliphatic heterocycles. The van der Waals surface area contributed by atoms with Crippen LogP contribution in [0.1, 0.15) is 27.7 Å². The fourth-order valence-corrected chi connectivity index (χ4v) is 4.47. The van der Waals surface area contributed by atoms with Gasteiger partial charge in [-0.3, -0.25) is 4.68 Å². The van der Waals surface area contributed by atoms with E-state index in [1.165, 1.54) is 0 Å². The van der Waals surface area contributed by atoms with Gasteiger partial charge in [0.15, 0.2) is 0 Å². The Bertz CT molecular complexity index is 1520. The van der Waals surface area contributed by atoms with Crippen LogP contribution in [0, 0.1) is 0 Å². The van der Waals surface area contributed by atoms with Crippen LogP contribution < -0.4 is 14.8 Å². The molecular weight excluding hydrogens is 482 g/mol. The van der Waals surface area contributed by atoms with Gasteiger partial charge in [-0.15, -0.1) is 0 Å². The zero-order chi connectivity index (χ0) is 25.9. The van der Waals surface area contributed by atoms with Crippen molar-refractivity contribution in [2.24, 2.45) is 7.05 Å². The molecule has 190 valence electrons. The quantitative estimate of drug-likeness (QED) is 0.209. The molecule has 0 fully saturated rings. The van der Waals surface area contributed by atoms with E-state index >= 15 is 0 Å². The molecule has 5 rings (SSSR count). The fourth-order valence-electron chi connectivity index (χ4n) is 3.97. The minimum Gasteiger partial charge on any atom is -0.490 e. The third-order valence-electron chi connectivity index (χ3n) is 5.58. The lowest BCUT2D eigenvalue weighted by atomic mass is 10.1. The molecule has 8 nitrogen and oxygen atoms in total. The number of anilines is 3. The van der Waals surface area contributed by atoms with Crippen LogP contribution in [0.2, 0.25) is 0 Å². The summed E-state index contributed by atoms with van der Waals surface area (Å²) in [5, 5.41) is 9.11. The molecule has 0 bridgehead atoms. The van der Waals surface area contributed by atoms with Gasteiger partial charge < -0.3 is 19.3 Å². The van der Waals surface area contributed by atoms with E-state index in [4.69, 9.17) is 9.72 Å². The van der Waals surface area contributed by atoms with Crippen LogP contribution in [-0.2, 0) is 7.05 Å². The highest BCUT2D eigenvalue weighted by Gasteiger charge is 2.13. The summed E-state index contributed by atoms with van der Waals surface area (Å²) in [4.78, 5) is 9.39. The number of ether oxygens (including phenoxy) is 1. The van der Waals surface area contributed by atoms with E-state index in [0.29, 0.717) is 11.2 Å². The van der Waals surface area contributed by atoms with Gasteiger partial charge in [0.25, 0.3) is 0 Å². The summed E-state index contributed by atoms with van der Waals surface area (Å²) in [6.45, 7) is 8.36. The zero-order valence-corrected chi connectivity index (χ0v) is 22.5. The van der Waals surface area contributed by atoms with E-state index in [9.17, 15) is 0 Å². The van der Waals surface area contributed by atoms with Gasteiger partial charge in [-0.25, -0.2) is 4.98 Å². The monoisotopic (exact) mass is 513 g/mol. The Morgan fingerprint density at radius 2 is 1.84 bits per heavy atom. The van der Waals surface area contributed by atoms with Crippen LogP contribution in [0.5, 0.6) is 5.75 Å². The smallest absolute Gasteiger partial charge is 0.229 e. The molecule has 0 radical (unpaired) electrons. The minimum atomic E-state index is 0.0331. The maximum atomic E-state index is 6.14. The summed E-state index contributed by atoms with van der Waals surface area (Å²) in [7, 11) is 1.91. The first kappa shape index (κ1) is 24.7. The van der Waals surface area contributed by atoms with Crippen LogP contribution in [0.4, 0.5) is 17.3 Å². The van der Waals surface area contributed by atoms with Crippen LogP contribution >= 0.6 is 11.9 Å². The number of fused-ring (bicyclic) bond motifs is 1. The number of nitrogens with one attached hydrogen (secondary N) is 2. The second-order valence-corrected chi connectivity index (χ2v) is 10.8. The van der Waals surface area contributed by atoms with Gasteiger partial charge >= 0.3 is 0 Å². The Kier molecular flexibility index (Phi) is 7.05. The molecule has 37 heavy (non-hydrogen) atoms. The fraction of sp³-hybridized carbons (Fsp3) is 0.250. The number of nitrogens with zero attached hydrogens (tertiary/aromatic N) is 5. The number of hydrogen-bond acceptors (Lipinski definition) is 7. The van der Waals surface area contributed by atoms with Crippen LogP contribution in [0.15, 0.2) is 73.3 Å². The Balaban J connectivity index is 1.44. The SMILES string of the molecule is CC(C)Oc1cc(Nc2ncc3ccn(-c4cccc(NSC(C)C)c4)c3n2)ccc1-c1cnn(C)c1. The summed E-state index contributed by atoms with van der Waals surface area (Å²) < 4.78 is 13.4. The lowest BCUT2D eigenvalue weighted by Crippen LogP contribution is -2.07. The molecule has 0 aliphatic rings. The topological polar surface area (TPSA) is 81.8 Å². The average molecular weight is 514 g/mol. The number of aromatic nitrogens is 5. The van der Waals surface area contributed by atoms with Crippen LogP contribution in [0.25, 0.3) is 27.8 Å². The van der Waals surface area contributed by atoms with E-state index in [0.717, 1.165) is 45.0 Å². The molecule has 0 saturated carbocycles. The van der Waals surface area contributed by atoms with Crippen LogP contribution in [-0.4, -0.2) is 35.7 Å². The first-order valence-corrected chi connectivity index (χ1v) is 13.2. The molecule has 3 heterocycles. The van der Waals surface area contributed by atoms with E-state index in [1.54, 1.807) is 16.6 Å². The van der Waals surface area contributed by atoms with E-state index in [2.05, 4.69) is 56.7 Å². The highest BCUT2D eigenvalue weighted by molar-refractivity contribution is 8.01. The van der Waals surface area contributed by atoms with Crippen molar-refractivity contribution in [3.05, 3.63) is 73.3 Å². The van der Waals surface area contributed by atoms with Crippen molar-refractivity contribution < 1.29 is 4.74 Å². The van der Waals surface area contributed by atoms with Crippen molar-refractivity contribution in [2.75, 3.05) is 10.0 Å². The average Bonchev–Trinajstić information content (AvgIpc) is 3.49. The number of aryl methyl sites for hydroxylation is 1. The standard InChI is InChI=1S/C28H31N7OS/c1-18(2)36-26-14-22(9-10-25(26)21-16-30-34(5)17-21)31-28-29-15-20-11-12-35(27(20)32-28)24-8-6-7-23(13-24)33-37-19(3)4/h6-19,33H,1-5H3,(H,29,31,32). The van der Waals surface area contributed by atoms with Crippen molar-refractivity contribution in [1.29, 1.82) is 0 Å². The third-order valence-corrected chi connectivity index (χ3v) is 6.41. The van der Waals surface area contributed by atoms with Crippen molar-refractivity contribution in [2.45, 2.75) is 39.0 Å². The molecule has 0 spiro atoms. The Hall–Kier alpha value is -3.98. The van der Waals surface area contributed by atoms with E-state index in [-0.39, 0.29) is 6.10 Å². The molecule has 5 aromatic rings. The molecular formula is C28H31N7OS. The maximum absolute atomic E-state index is 6.14. The maximum Gasteiger partial charge on any atom is 0.229 e. The predicted molar refractivity (Wildman–Crippen MR) is 153 cm³/mol. The highest BCUT2D eigenvalue weighted by atomic mass is 32.2. The number of rotatable bonds is 9. The van der Waals surface area contributed by atoms with E-state index < -0.39 is 0 Å². The summed E-state index contributed by atoms with van der Waals surface area (Å²) in [6.07, 6.45) is 7.72. The van der Waals surface area contributed by atoms with Gasteiger partial charge in [-0.1, -0.05) is 19.9 Å². The zero-order valence-electron chi connectivity index (χ0n) is 21.6. The predicted octanol–water partition coefficient (Wildman–Crippen LogP) is 6.82. The van der Waals surface area contributed by atoms with Gasteiger partial charge in [0.1, 0.15) is 11.4 Å². The molecule has 2 aromatic carbocycles. The van der Waals surface area contributed by atoms with Gasteiger partial charge in [0, 0.05) is 70.5 Å². The molecule has 0 aliphatic carbocycles. The summed E-state index contributed by atoms with van der Waals surface area (Å²) >= 11 is 1.69. The molecule has 0 unspecified atom stereocenters. The summed E-state index contributed by atoms with van der Waals surface area (Å²) in [5.74, 6) is 1.29. The van der Waals surface area contributed by atoms with Crippen LogP contribution in [0.3, 0.4) is 0 Å². The Labute approximate surface area is 221 Å². The van der Waals surface area contributed by atoms with Gasteiger partial charge in [-0.2, -0.15) is 10.1 Å². The van der Waals surface area contributed by atoms with Crippen molar-refractivity contribution in [3.8, 4) is 22.6 Å². The molecule has 3 aromatic heterocycles. The first-order valence-electron chi connectivity index (χ1n) is 12.3. The number of hydrogen-bond donors (Lipinski definition) is 2. The van der Waals surface area contributed by atoms with Crippen molar-refractivity contribution in [1.82, 2.24) is 24.3 Å². The lowest BCUT2D eigenvalue weighted by molar-refractivity contribution is 0.243.